The van der Waals surface area contributed by atoms with E-state index in [2.05, 4.69) is 48.5 Å². The number of nitrogens with zero attached hydrogens (tertiary/aromatic N) is 2. The van der Waals surface area contributed by atoms with Crippen LogP contribution in [-0.4, -0.2) is 16.1 Å². The molecule has 0 atom stereocenters. The summed E-state index contributed by atoms with van der Waals surface area (Å²) in [5.74, 6) is 1.09. The number of aromatic nitrogens is 2. The summed E-state index contributed by atoms with van der Waals surface area (Å²) in [7, 11) is 0. The number of nitrogens with two attached hydrogens (primary N) is 1. The Hall–Kier alpha value is -1.35. The Morgan fingerprint density at radius 3 is 2.76 bits per heavy atom. The zero-order valence-electron chi connectivity index (χ0n) is 10.9. The third kappa shape index (κ3) is 2.34. The fourth-order valence-corrected chi connectivity index (χ4v) is 2.38. The lowest BCUT2D eigenvalue weighted by atomic mass is 10.1. The van der Waals surface area contributed by atoms with Gasteiger partial charge in [0.15, 0.2) is 0 Å². The fourth-order valence-electron chi connectivity index (χ4n) is 2.38. The average Bonchev–Trinajstić information content (AvgIpc) is 2.61. The van der Waals surface area contributed by atoms with E-state index in [1.807, 2.05) is 0 Å². The molecular formula is C14H21N3. The van der Waals surface area contributed by atoms with E-state index < -0.39 is 0 Å². The molecular weight excluding hydrogens is 210 g/mol. The predicted molar refractivity (Wildman–Crippen MR) is 72.2 cm³/mol. The molecule has 0 aliphatic heterocycles. The molecule has 0 radical (unpaired) electrons. The summed E-state index contributed by atoms with van der Waals surface area (Å²) in [5.41, 5.74) is 9.20. The summed E-state index contributed by atoms with van der Waals surface area (Å²) in [6.07, 6.45) is 2.08. The van der Waals surface area contributed by atoms with E-state index in [-0.39, 0.29) is 0 Å². The molecule has 0 amide bonds. The molecule has 17 heavy (non-hydrogen) atoms. The van der Waals surface area contributed by atoms with Crippen molar-refractivity contribution < 1.29 is 0 Å². The molecule has 0 spiro atoms. The third-order valence-corrected chi connectivity index (χ3v) is 3.12. The lowest BCUT2D eigenvalue weighted by molar-refractivity contribution is 0.600. The summed E-state index contributed by atoms with van der Waals surface area (Å²) in [6, 6.07) is 7.02. The summed E-state index contributed by atoms with van der Waals surface area (Å²) in [4.78, 5) is 4.63. The average molecular weight is 231 g/mol. The molecule has 2 aromatic rings. The molecule has 0 saturated carbocycles. The highest BCUT2D eigenvalue weighted by Crippen LogP contribution is 2.22. The summed E-state index contributed by atoms with van der Waals surface area (Å²) >= 11 is 0. The Balaban J connectivity index is 2.43. The lowest BCUT2D eigenvalue weighted by Gasteiger charge is -2.10. The molecule has 0 saturated heterocycles. The van der Waals surface area contributed by atoms with E-state index >= 15 is 0 Å². The van der Waals surface area contributed by atoms with E-state index in [1.54, 1.807) is 0 Å². The van der Waals surface area contributed by atoms with Gasteiger partial charge in [-0.2, -0.15) is 0 Å². The number of fused-ring (bicyclic) bond motifs is 1. The fraction of sp³-hybridized carbons (Fsp3) is 0.500. The van der Waals surface area contributed by atoms with Gasteiger partial charge >= 0.3 is 0 Å². The Bertz CT molecular complexity index is 511. The molecule has 1 aromatic carbocycles. The maximum absolute atomic E-state index is 5.54. The normalized spacial score (nSPS) is 11.6. The number of aryl methyl sites for hydroxylation is 2. The number of hydrogen-bond donors (Lipinski definition) is 1. The van der Waals surface area contributed by atoms with Crippen LogP contribution in [0.3, 0.4) is 0 Å². The molecule has 1 aromatic heterocycles. The van der Waals surface area contributed by atoms with Crippen molar-refractivity contribution >= 4 is 11.0 Å². The Morgan fingerprint density at radius 1 is 1.35 bits per heavy atom. The van der Waals surface area contributed by atoms with Crippen LogP contribution >= 0.6 is 0 Å². The lowest BCUT2D eigenvalue weighted by Crippen LogP contribution is -2.02. The van der Waals surface area contributed by atoms with Crippen LogP contribution in [0.4, 0.5) is 0 Å². The molecule has 92 valence electrons. The van der Waals surface area contributed by atoms with Crippen LogP contribution < -0.4 is 5.73 Å². The topological polar surface area (TPSA) is 43.8 Å². The zero-order valence-corrected chi connectivity index (χ0v) is 10.9. The van der Waals surface area contributed by atoms with Gasteiger partial charge < -0.3 is 10.3 Å². The van der Waals surface area contributed by atoms with Crippen LogP contribution in [0.25, 0.3) is 11.0 Å². The zero-order chi connectivity index (χ0) is 12.4. The van der Waals surface area contributed by atoms with Crippen molar-refractivity contribution in [1.82, 2.24) is 9.55 Å². The molecule has 0 aliphatic carbocycles. The van der Waals surface area contributed by atoms with Gasteiger partial charge in [0.05, 0.1) is 11.0 Å². The summed E-state index contributed by atoms with van der Waals surface area (Å²) in [6.45, 7) is 7.20. The SMILES string of the molecule is Cc1nc2cc(CCCN)ccc2n1C(C)C. The largest absolute Gasteiger partial charge is 0.330 e. The van der Waals surface area contributed by atoms with E-state index in [0.717, 1.165) is 30.7 Å². The van der Waals surface area contributed by atoms with Crippen molar-refractivity contribution in [3.63, 3.8) is 0 Å². The molecule has 0 fully saturated rings. The van der Waals surface area contributed by atoms with Crippen molar-refractivity contribution in [2.45, 2.75) is 39.7 Å². The van der Waals surface area contributed by atoms with Gasteiger partial charge in [0.2, 0.25) is 0 Å². The molecule has 2 rings (SSSR count). The number of hydrogen-bond acceptors (Lipinski definition) is 2. The van der Waals surface area contributed by atoms with Gasteiger partial charge in [-0.25, -0.2) is 4.98 Å². The van der Waals surface area contributed by atoms with Crippen LogP contribution in [0.2, 0.25) is 0 Å². The van der Waals surface area contributed by atoms with Gasteiger partial charge in [0.1, 0.15) is 5.82 Å². The highest BCUT2D eigenvalue weighted by molar-refractivity contribution is 5.77. The van der Waals surface area contributed by atoms with Crippen LogP contribution in [0.5, 0.6) is 0 Å². The van der Waals surface area contributed by atoms with Gasteiger partial charge in [-0.1, -0.05) is 6.07 Å². The molecule has 2 N–H and O–H groups in total. The van der Waals surface area contributed by atoms with Gasteiger partial charge in [-0.3, -0.25) is 0 Å². The number of rotatable bonds is 4. The Labute approximate surface area is 103 Å². The molecule has 0 unspecified atom stereocenters. The van der Waals surface area contributed by atoms with E-state index in [1.165, 1.54) is 11.1 Å². The Kier molecular flexibility index (Phi) is 3.48. The quantitative estimate of drug-likeness (QED) is 0.879. The predicted octanol–water partition coefficient (Wildman–Crippen LogP) is 2.82. The molecule has 0 bridgehead atoms. The van der Waals surface area contributed by atoms with Crippen LogP contribution in [-0.2, 0) is 6.42 Å². The second kappa shape index (κ2) is 4.88. The van der Waals surface area contributed by atoms with Gasteiger partial charge in [-0.15, -0.1) is 0 Å². The highest BCUT2D eigenvalue weighted by atomic mass is 15.1. The van der Waals surface area contributed by atoms with Gasteiger partial charge in [-0.05, 0) is 57.9 Å². The highest BCUT2D eigenvalue weighted by Gasteiger charge is 2.10. The van der Waals surface area contributed by atoms with Gasteiger partial charge in [0, 0.05) is 6.04 Å². The maximum atomic E-state index is 5.54. The first-order chi connectivity index (χ1) is 8.13. The minimum atomic E-state index is 0.454. The first-order valence-corrected chi connectivity index (χ1v) is 6.31. The molecule has 0 aliphatic rings. The second-order valence-electron chi connectivity index (χ2n) is 4.84. The van der Waals surface area contributed by atoms with Crippen molar-refractivity contribution in [1.29, 1.82) is 0 Å². The smallest absolute Gasteiger partial charge is 0.106 e. The van der Waals surface area contributed by atoms with Crippen molar-refractivity contribution in [3.8, 4) is 0 Å². The van der Waals surface area contributed by atoms with Crippen molar-refractivity contribution in [2.24, 2.45) is 5.73 Å². The second-order valence-corrected chi connectivity index (χ2v) is 4.84. The first-order valence-electron chi connectivity index (χ1n) is 6.31. The van der Waals surface area contributed by atoms with Crippen LogP contribution in [0.15, 0.2) is 18.2 Å². The van der Waals surface area contributed by atoms with Crippen molar-refractivity contribution in [3.05, 3.63) is 29.6 Å². The summed E-state index contributed by atoms with van der Waals surface area (Å²) < 4.78 is 2.28. The monoisotopic (exact) mass is 231 g/mol. The summed E-state index contributed by atoms with van der Waals surface area (Å²) in [5, 5.41) is 0. The van der Waals surface area contributed by atoms with E-state index in [9.17, 15) is 0 Å². The molecule has 3 heteroatoms. The number of imidazole rings is 1. The van der Waals surface area contributed by atoms with E-state index in [0.29, 0.717) is 6.04 Å². The minimum Gasteiger partial charge on any atom is -0.330 e. The van der Waals surface area contributed by atoms with Crippen molar-refractivity contribution in [2.75, 3.05) is 6.54 Å². The van der Waals surface area contributed by atoms with Crippen LogP contribution in [0.1, 0.15) is 37.7 Å². The first kappa shape index (κ1) is 12.1. The third-order valence-electron chi connectivity index (χ3n) is 3.12. The number of benzene rings is 1. The minimum absolute atomic E-state index is 0.454. The van der Waals surface area contributed by atoms with E-state index in [4.69, 9.17) is 5.73 Å². The standard InChI is InChI=1S/C14H21N3/c1-10(2)17-11(3)16-13-9-12(5-4-8-15)6-7-14(13)17/h6-7,9-10H,4-5,8,15H2,1-3H3. The maximum Gasteiger partial charge on any atom is 0.106 e. The Morgan fingerprint density at radius 2 is 2.12 bits per heavy atom. The van der Waals surface area contributed by atoms with Crippen LogP contribution in [0, 0.1) is 6.92 Å². The molecule has 3 nitrogen and oxygen atoms in total. The molecule has 1 heterocycles. The van der Waals surface area contributed by atoms with Gasteiger partial charge in [0.25, 0.3) is 0 Å².